The summed E-state index contributed by atoms with van der Waals surface area (Å²) in [7, 11) is 0. The Kier molecular flexibility index (Phi) is 4.87. The Hall–Kier alpha value is -3.87. The van der Waals surface area contributed by atoms with Gasteiger partial charge in [0.25, 0.3) is 5.56 Å². The van der Waals surface area contributed by atoms with Crippen molar-refractivity contribution in [1.29, 1.82) is 10.5 Å². The lowest BCUT2D eigenvalue weighted by atomic mass is 9.84. The van der Waals surface area contributed by atoms with Crippen molar-refractivity contribution in [1.82, 2.24) is 4.57 Å². The fraction of sp³-hybridized carbons (Fsp3) is 0.125. The Morgan fingerprint density at radius 3 is 2.33 bits per heavy atom. The summed E-state index contributed by atoms with van der Waals surface area (Å²) in [6, 6.07) is 19.8. The number of hydrogen-bond acceptors (Lipinski definition) is 5. The third-order valence-corrected chi connectivity index (χ3v) is 6.21. The standard InChI is InChI=1S/C24H18N4OS/c1-14-5-3-7-16(9-14)11-20-23(29)28-22(27)18(12-25)21(19(13-26)24(28)30-20)17-8-4-6-15(2)10-17/h3-11,21H,27H2,1-2H3/b20-11+/t21-/m0/s1. The number of aromatic nitrogens is 1. The molecule has 146 valence electrons. The van der Waals surface area contributed by atoms with Crippen LogP contribution in [0, 0.1) is 36.5 Å². The van der Waals surface area contributed by atoms with Gasteiger partial charge >= 0.3 is 0 Å². The third kappa shape index (κ3) is 3.14. The molecule has 3 aromatic rings. The van der Waals surface area contributed by atoms with Crippen LogP contribution in [0.3, 0.4) is 0 Å². The number of thiazole rings is 1. The third-order valence-electron chi connectivity index (χ3n) is 5.10. The molecule has 0 aliphatic carbocycles. The maximum Gasteiger partial charge on any atom is 0.274 e. The summed E-state index contributed by atoms with van der Waals surface area (Å²) >= 11 is 1.23. The van der Waals surface area contributed by atoms with E-state index in [0.717, 1.165) is 22.3 Å². The summed E-state index contributed by atoms with van der Waals surface area (Å²) in [5.41, 5.74) is 10.4. The summed E-state index contributed by atoms with van der Waals surface area (Å²) in [5, 5.41) is 19.8. The average Bonchev–Trinajstić information content (AvgIpc) is 3.04. The number of nitrogens with zero attached hydrogens (tertiary/aromatic N) is 3. The van der Waals surface area contributed by atoms with Crippen LogP contribution in [0.1, 0.15) is 28.2 Å². The van der Waals surface area contributed by atoms with E-state index in [9.17, 15) is 15.3 Å². The molecule has 1 aromatic heterocycles. The van der Waals surface area contributed by atoms with E-state index in [0.29, 0.717) is 14.8 Å². The van der Waals surface area contributed by atoms with Crippen LogP contribution >= 0.6 is 11.3 Å². The van der Waals surface area contributed by atoms with Crippen LogP contribution < -0.4 is 20.5 Å². The van der Waals surface area contributed by atoms with Crippen LogP contribution in [0.15, 0.2) is 58.9 Å². The van der Waals surface area contributed by atoms with Gasteiger partial charge in [-0.3, -0.25) is 9.36 Å². The Labute approximate surface area is 177 Å². The summed E-state index contributed by atoms with van der Waals surface area (Å²) in [6.45, 7) is 3.94. The highest BCUT2D eigenvalue weighted by Crippen LogP contribution is 2.35. The molecule has 0 bridgehead atoms. The van der Waals surface area contributed by atoms with Gasteiger partial charge in [0.2, 0.25) is 0 Å². The van der Waals surface area contributed by atoms with Crippen molar-refractivity contribution in [3.05, 3.63) is 95.9 Å². The lowest BCUT2D eigenvalue weighted by Gasteiger charge is -2.22. The highest BCUT2D eigenvalue weighted by molar-refractivity contribution is 7.07. The van der Waals surface area contributed by atoms with Crippen LogP contribution in [-0.4, -0.2) is 4.57 Å². The fourth-order valence-corrected chi connectivity index (χ4v) is 4.87. The van der Waals surface area contributed by atoms with Gasteiger partial charge in [-0.05, 0) is 31.1 Å². The zero-order chi connectivity index (χ0) is 21.4. The van der Waals surface area contributed by atoms with E-state index in [2.05, 4.69) is 12.1 Å². The first-order valence-corrected chi connectivity index (χ1v) is 10.2. The zero-order valence-corrected chi connectivity index (χ0v) is 17.3. The van der Waals surface area contributed by atoms with Crippen molar-refractivity contribution < 1.29 is 0 Å². The molecule has 0 saturated heterocycles. The zero-order valence-electron chi connectivity index (χ0n) is 16.5. The normalized spacial score (nSPS) is 16.2. The molecule has 6 heteroatoms. The molecule has 1 atom stereocenters. The molecule has 0 fully saturated rings. The van der Waals surface area contributed by atoms with Gasteiger partial charge in [-0.15, -0.1) is 11.3 Å². The quantitative estimate of drug-likeness (QED) is 0.702. The van der Waals surface area contributed by atoms with E-state index < -0.39 is 5.92 Å². The molecule has 4 rings (SSSR count). The van der Waals surface area contributed by atoms with E-state index in [1.807, 2.05) is 62.4 Å². The number of allylic oxidation sites excluding steroid dienone is 1. The van der Waals surface area contributed by atoms with Crippen molar-refractivity contribution in [2.45, 2.75) is 19.8 Å². The van der Waals surface area contributed by atoms with Crippen molar-refractivity contribution in [3.63, 3.8) is 0 Å². The Morgan fingerprint density at radius 1 is 1.03 bits per heavy atom. The van der Waals surface area contributed by atoms with Gasteiger partial charge in [-0.2, -0.15) is 10.5 Å². The minimum atomic E-state index is -0.593. The van der Waals surface area contributed by atoms with Crippen LogP contribution in [0.5, 0.6) is 0 Å². The average molecular weight is 411 g/mol. The summed E-state index contributed by atoms with van der Waals surface area (Å²) in [6.07, 6.45) is 1.79. The number of nitrogens with two attached hydrogens (primary N) is 1. The SMILES string of the molecule is Cc1cccc(/C=c2/sc3n(c2=O)C(N)=C(C#N)[C@H](c2cccc(C)c2)C=3C#N)c1. The van der Waals surface area contributed by atoms with E-state index in [1.165, 1.54) is 15.9 Å². The van der Waals surface area contributed by atoms with Crippen molar-refractivity contribution >= 4 is 28.8 Å². The molecule has 1 aliphatic rings. The molecule has 0 spiro atoms. The molecule has 2 aromatic carbocycles. The number of fused-ring (bicyclic) bond motifs is 1. The highest BCUT2D eigenvalue weighted by atomic mass is 32.1. The second kappa shape index (κ2) is 7.51. The van der Waals surface area contributed by atoms with E-state index in [1.54, 1.807) is 6.08 Å². The smallest absolute Gasteiger partial charge is 0.274 e. The Balaban J connectivity index is 2.07. The molecule has 0 unspecified atom stereocenters. The van der Waals surface area contributed by atoms with E-state index in [-0.39, 0.29) is 17.0 Å². The lowest BCUT2D eigenvalue weighted by molar-refractivity contribution is 0.905. The predicted molar refractivity (Wildman–Crippen MR) is 119 cm³/mol. The molecule has 2 N–H and O–H groups in total. The second-order valence-corrected chi connectivity index (χ2v) is 8.28. The van der Waals surface area contributed by atoms with Crippen molar-refractivity contribution in [2.75, 3.05) is 0 Å². The van der Waals surface area contributed by atoms with Gasteiger partial charge in [0.05, 0.1) is 33.7 Å². The molecule has 30 heavy (non-hydrogen) atoms. The molecule has 5 nitrogen and oxygen atoms in total. The monoisotopic (exact) mass is 410 g/mol. The number of nitriles is 2. The van der Waals surface area contributed by atoms with E-state index in [4.69, 9.17) is 5.73 Å². The van der Waals surface area contributed by atoms with Gasteiger partial charge in [0, 0.05) is 0 Å². The minimum absolute atomic E-state index is 0.0862. The molecule has 2 heterocycles. The van der Waals surface area contributed by atoms with E-state index >= 15 is 0 Å². The second-order valence-electron chi connectivity index (χ2n) is 7.25. The van der Waals surface area contributed by atoms with Crippen LogP contribution in [-0.2, 0) is 0 Å². The molecular weight excluding hydrogens is 392 g/mol. The van der Waals surface area contributed by atoms with Crippen molar-refractivity contribution in [3.8, 4) is 12.1 Å². The number of rotatable bonds is 2. The fourth-order valence-electron chi connectivity index (χ4n) is 3.75. The summed E-state index contributed by atoms with van der Waals surface area (Å²) in [5.74, 6) is -0.507. The first-order valence-electron chi connectivity index (χ1n) is 9.36. The molecule has 0 saturated carbocycles. The van der Waals surface area contributed by atoms with Gasteiger partial charge in [0.15, 0.2) is 0 Å². The summed E-state index contributed by atoms with van der Waals surface area (Å²) in [4.78, 5) is 13.1. The van der Waals surface area contributed by atoms with Gasteiger partial charge in [-0.25, -0.2) is 0 Å². The maximum absolute atomic E-state index is 13.1. The van der Waals surface area contributed by atoms with Crippen LogP contribution in [0.4, 0.5) is 0 Å². The minimum Gasteiger partial charge on any atom is -0.384 e. The van der Waals surface area contributed by atoms with Crippen LogP contribution in [0.25, 0.3) is 17.5 Å². The Bertz CT molecular complexity index is 1470. The largest absolute Gasteiger partial charge is 0.384 e. The topological polar surface area (TPSA) is 95.6 Å². The molecule has 0 radical (unpaired) electrons. The van der Waals surface area contributed by atoms with Gasteiger partial charge < -0.3 is 5.73 Å². The highest BCUT2D eigenvalue weighted by Gasteiger charge is 2.32. The molecule has 0 amide bonds. The van der Waals surface area contributed by atoms with Gasteiger partial charge in [0.1, 0.15) is 10.5 Å². The van der Waals surface area contributed by atoms with Crippen LogP contribution in [0.2, 0.25) is 0 Å². The predicted octanol–water partition coefficient (Wildman–Crippen LogP) is 2.48. The Morgan fingerprint density at radius 2 is 1.70 bits per heavy atom. The molecular formula is C24H18N4OS. The molecule has 1 aliphatic heterocycles. The first kappa shape index (κ1) is 19.4. The maximum atomic E-state index is 13.1. The number of hydrogen-bond donors (Lipinski definition) is 1. The number of aryl methyl sites for hydroxylation is 2. The van der Waals surface area contributed by atoms with Crippen molar-refractivity contribution in [2.24, 2.45) is 5.73 Å². The van der Waals surface area contributed by atoms with Gasteiger partial charge in [-0.1, -0.05) is 59.7 Å². The number of benzene rings is 2. The summed E-state index contributed by atoms with van der Waals surface area (Å²) < 4.78 is 2.24. The first-order chi connectivity index (χ1) is 14.4. The lowest BCUT2D eigenvalue weighted by Crippen LogP contribution is -2.38.